The minimum absolute atomic E-state index is 0.000366. The summed E-state index contributed by atoms with van der Waals surface area (Å²) in [7, 11) is 1.68. The zero-order chi connectivity index (χ0) is 20.5. The van der Waals surface area contributed by atoms with Gasteiger partial charge < -0.3 is 4.74 Å². The molecule has 0 radical (unpaired) electrons. The third-order valence-electron chi connectivity index (χ3n) is 5.50. The van der Waals surface area contributed by atoms with Crippen LogP contribution in [0.15, 0.2) is 84.0 Å². The maximum atomic E-state index is 5.32. The van der Waals surface area contributed by atoms with Crippen molar-refractivity contribution in [2.75, 3.05) is 7.11 Å². The molecule has 0 saturated heterocycles. The number of fused-ring (bicyclic) bond motifs is 1. The molecular formula is C25H22N4O. The lowest BCUT2D eigenvalue weighted by molar-refractivity contribution is 0.415. The molecular weight excluding hydrogens is 372 g/mol. The van der Waals surface area contributed by atoms with Crippen molar-refractivity contribution in [2.24, 2.45) is 4.99 Å². The minimum Gasteiger partial charge on any atom is -0.497 e. The summed E-state index contributed by atoms with van der Waals surface area (Å²) in [6.07, 6.45) is 2.58. The van der Waals surface area contributed by atoms with E-state index in [0.717, 1.165) is 51.8 Å². The van der Waals surface area contributed by atoms with Crippen LogP contribution >= 0.6 is 0 Å². The van der Waals surface area contributed by atoms with Crippen LogP contribution in [0.2, 0.25) is 0 Å². The molecule has 30 heavy (non-hydrogen) atoms. The maximum Gasteiger partial charge on any atom is 0.159 e. The number of nitrogens with zero attached hydrogens (tertiary/aromatic N) is 4. The first-order chi connectivity index (χ1) is 14.7. The predicted octanol–water partition coefficient (Wildman–Crippen LogP) is 5.38. The van der Waals surface area contributed by atoms with E-state index in [-0.39, 0.29) is 6.04 Å². The zero-order valence-electron chi connectivity index (χ0n) is 17.0. The SMILES string of the molecule is COc1ccc(-c2c(C)nn3c2N=C(c2ccccc2)CC3c2ccccn2)cc1. The molecule has 2 aromatic carbocycles. The second kappa shape index (κ2) is 7.59. The van der Waals surface area contributed by atoms with Gasteiger partial charge in [0, 0.05) is 18.2 Å². The summed E-state index contributed by atoms with van der Waals surface area (Å²) in [6, 6.07) is 24.4. The molecule has 1 unspecified atom stereocenters. The van der Waals surface area contributed by atoms with E-state index in [9.17, 15) is 0 Å². The Morgan fingerprint density at radius 3 is 2.37 bits per heavy atom. The Hall–Kier alpha value is -3.73. The summed E-state index contributed by atoms with van der Waals surface area (Å²) in [5.41, 5.74) is 6.25. The number of benzene rings is 2. The lowest BCUT2D eigenvalue weighted by atomic mass is 9.97. The van der Waals surface area contributed by atoms with Gasteiger partial charge in [0.15, 0.2) is 5.82 Å². The minimum atomic E-state index is -0.000366. The smallest absolute Gasteiger partial charge is 0.159 e. The monoisotopic (exact) mass is 394 g/mol. The van der Waals surface area contributed by atoms with Crippen molar-refractivity contribution in [3.63, 3.8) is 0 Å². The first-order valence-corrected chi connectivity index (χ1v) is 10.0. The summed E-state index contributed by atoms with van der Waals surface area (Å²) < 4.78 is 7.35. The van der Waals surface area contributed by atoms with Gasteiger partial charge in [-0.25, -0.2) is 9.67 Å². The highest BCUT2D eigenvalue weighted by atomic mass is 16.5. The predicted molar refractivity (Wildman–Crippen MR) is 119 cm³/mol. The number of methoxy groups -OCH3 is 1. The fourth-order valence-corrected chi connectivity index (χ4v) is 4.01. The van der Waals surface area contributed by atoms with E-state index in [2.05, 4.69) is 47.4 Å². The Morgan fingerprint density at radius 1 is 0.900 bits per heavy atom. The Kier molecular flexibility index (Phi) is 4.64. The second-order valence-electron chi connectivity index (χ2n) is 7.36. The van der Waals surface area contributed by atoms with Crippen LogP contribution < -0.4 is 4.74 Å². The van der Waals surface area contributed by atoms with Gasteiger partial charge in [0.1, 0.15) is 11.8 Å². The van der Waals surface area contributed by atoms with E-state index < -0.39 is 0 Å². The summed E-state index contributed by atoms with van der Waals surface area (Å²) in [6.45, 7) is 2.04. The lowest BCUT2D eigenvalue weighted by Gasteiger charge is -2.24. The van der Waals surface area contributed by atoms with E-state index in [0.29, 0.717) is 0 Å². The molecule has 1 aliphatic rings. The van der Waals surface area contributed by atoms with E-state index in [1.807, 2.05) is 48.1 Å². The number of hydrogen-bond donors (Lipinski definition) is 0. The van der Waals surface area contributed by atoms with Crippen molar-refractivity contribution in [1.29, 1.82) is 0 Å². The summed E-state index contributed by atoms with van der Waals surface area (Å²) in [5.74, 6) is 1.70. The van der Waals surface area contributed by atoms with Crippen molar-refractivity contribution < 1.29 is 4.74 Å². The Morgan fingerprint density at radius 2 is 1.67 bits per heavy atom. The van der Waals surface area contributed by atoms with Crippen LogP contribution in [-0.2, 0) is 0 Å². The van der Waals surface area contributed by atoms with Gasteiger partial charge in [-0.05, 0) is 42.3 Å². The molecule has 5 heteroatoms. The second-order valence-corrected chi connectivity index (χ2v) is 7.36. The van der Waals surface area contributed by atoms with Gasteiger partial charge in [0.2, 0.25) is 0 Å². The molecule has 0 saturated carbocycles. The van der Waals surface area contributed by atoms with Crippen LogP contribution in [0.5, 0.6) is 5.75 Å². The molecule has 0 spiro atoms. The number of aryl methyl sites for hydroxylation is 1. The van der Waals surface area contributed by atoms with Crippen LogP contribution in [0.1, 0.15) is 29.4 Å². The fourth-order valence-electron chi connectivity index (χ4n) is 4.01. The molecule has 0 aliphatic carbocycles. The molecule has 148 valence electrons. The van der Waals surface area contributed by atoms with Crippen molar-refractivity contribution in [2.45, 2.75) is 19.4 Å². The summed E-state index contributed by atoms with van der Waals surface area (Å²) >= 11 is 0. The molecule has 0 fully saturated rings. The molecule has 0 amide bonds. The first kappa shape index (κ1) is 18.3. The van der Waals surface area contributed by atoms with Crippen LogP contribution in [0.25, 0.3) is 11.1 Å². The van der Waals surface area contributed by atoms with Crippen molar-refractivity contribution in [3.05, 3.63) is 95.9 Å². The number of pyridine rings is 1. The van der Waals surface area contributed by atoms with Crippen molar-refractivity contribution >= 4 is 11.5 Å². The molecule has 4 aromatic rings. The molecule has 1 atom stereocenters. The highest BCUT2D eigenvalue weighted by molar-refractivity contribution is 6.04. The highest BCUT2D eigenvalue weighted by Crippen LogP contribution is 2.41. The Balaban J connectivity index is 1.70. The summed E-state index contributed by atoms with van der Waals surface area (Å²) in [5, 5.41) is 4.89. The molecule has 1 aliphatic heterocycles. The molecule has 5 nitrogen and oxygen atoms in total. The Labute approximate surface area is 175 Å². The largest absolute Gasteiger partial charge is 0.497 e. The van der Waals surface area contributed by atoms with Crippen LogP contribution in [0.3, 0.4) is 0 Å². The maximum absolute atomic E-state index is 5.32. The van der Waals surface area contributed by atoms with Gasteiger partial charge in [-0.2, -0.15) is 5.10 Å². The van der Waals surface area contributed by atoms with Gasteiger partial charge in [-0.15, -0.1) is 0 Å². The number of aliphatic imine (C=N–C) groups is 1. The van der Waals surface area contributed by atoms with E-state index >= 15 is 0 Å². The molecule has 0 bridgehead atoms. The Bertz CT molecular complexity index is 1200. The normalized spacial score (nSPS) is 15.4. The first-order valence-electron chi connectivity index (χ1n) is 10.0. The third kappa shape index (κ3) is 3.18. The van der Waals surface area contributed by atoms with Gasteiger partial charge in [0.05, 0.1) is 24.2 Å². The molecule has 0 N–H and O–H groups in total. The van der Waals surface area contributed by atoms with Crippen LogP contribution in [0, 0.1) is 6.92 Å². The number of rotatable bonds is 4. The van der Waals surface area contributed by atoms with Crippen molar-refractivity contribution in [1.82, 2.24) is 14.8 Å². The average Bonchev–Trinajstić information content (AvgIpc) is 3.15. The third-order valence-corrected chi connectivity index (χ3v) is 5.50. The zero-order valence-corrected chi connectivity index (χ0v) is 17.0. The van der Waals surface area contributed by atoms with Gasteiger partial charge in [-0.3, -0.25) is 4.98 Å². The molecule has 3 heterocycles. The van der Waals surface area contributed by atoms with Gasteiger partial charge in [0.25, 0.3) is 0 Å². The summed E-state index contributed by atoms with van der Waals surface area (Å²) in [4.78, 5) is 9.72. The number of hydrogen-bond acceptors (Lipinski definition) is 4. The lowest BCUT2D eigenvalue weighted by Crippen LogP contribution is -2.22. The van der Waals surface area contributed by atoms with E-state index in [1.54, 1.807) is 7.11 Å². The van der Waals surface area contributed by atoms with Gasteiger partial charge >= 0.3 is 0 Å². The number of aromatic nitrogens is 3. The van der Waals surface area contributed by atoms with Crippen molar-refractivity contribution in [3.8, 4) is 16.9 Å². The average molecular weight is 394 g/mol. The number of ether oxygens (including phenoxy) is 1. The standard InChI is InChI=1S/C25H22N4O/c1-17-24(19-11-13-20(30-2)14-12-19)25-27-22(18-8-4-3-5-9-18)16-23(29(25)28-17)21-10-6-7-15-26-21/h3-15,23H,16H2,1-2H3. The highest BCUT2D eigenvalue weighted by Gasteiger charge is 2.30. The van der Waals surface area contributed by atoms with Crippen LogP contribution in [0.4, 0.5) is 5.82 Å². The molecule has 2 aromatic heterocycles. The van der Waals surface area contributed by atoms with E-state index in [4.69, 9.17) is 14.8 Å². The van der Waals surface area contributed by atoms with Crippen LogP contribution in [-0.4, -0.2) is 27.6 Å². The quantitative estimate of drug-likeness (QED) is 0.467. The topological polar surface area (TPSA) is 52.3 Å². The van der Waals surface area contributed by atoms with E-state index in [1.165, 1.54) is 0 Å². The fraction of sp³-hybridized carbons (Fsp3) is 0.160. The molecule has 5 rings (SSSR count). The van der Waals surface area contributed by atoms with Gasteiger partial charge in [-0.1, -0.05) is 48.5 Å².